The molecule has 1 aliphatic rings. The zero-order valence-corrected chi connectivity index (χ0v) is 13.1. The van der Waals surface area contributed by atoms with Crippen molar-refractivity contribution < 1.29 is 0 Å². The van der Waals surface area contributed by atoms with Gasteiger partial charge in [-0.2, -0.15) is 0 Å². The summed E-state index contributed by atoms with van der Waals surface area (Å²) in [6.07, 6.45) is 2.34. The number of hydrogen-bond donors (Lipinski definition) is 0. The normalized spacial score (nSPS) is 24.5. The van der Waals surface area contributed by atoms with Gasteiger partial charge in [-0.25, -0.2) is 4.98 Å². The average Bonchev–Trinajstić information content (AvgIpc) is 2.64. The smallest absolute Gasteiger partial charge is 0.127 e. The minimum atomic E-state index is -0.124. The number of benzene rings is 1. The quantitative estimate of drug-likeness (QED) is 0.658. The van der Waals surface area contributed by atoms with Gasteiger partial charge in [-0.1, -0.05) is 30.1 Å². The Morgan fingerprint density at radius 1 is 1.26 bits per heavy atom. The van der Waals surface area contributed by atoms with Crippen LogP contribution in [0.3, 0.4) is 0 Å². The Kier molecular flexibility index (Phi) is 3.45. The maximum atomic E-state index is 6.27. The molecule has 1 aliphatic carbocycles. The number of rotatable bonds is 2. The van der Waals surface area contributed by atoms with E-state index in [0.29, 0.717) is 16.1 Å². The van der Waals surface area contributed by atoms with Crippen LogP contribution in [-0.4, -0.2) is 9.55 Å². The number of fused-ring (bicyclic) bond motifs is 1. The van der Waals surface area contributed by atoms with Gasteiger partial charge in [0.15, 0.2) is 0 Å². The van der Waals surface area contributed by atoms with Crippen molar-refractivity contribution in [1.29, 1.82) is 0 Å². The molecule has 0 bridgehead atoms. The fourth-order valence-corrected chi connectivity index (χ4v) is 3.31. The van der Waals surface area contributed by atoms with E-state index in [0.717, 1.165) is 22.8 Å². The van der Waals surface area contributed by atoms with Crippen molar-refractivity contribution >= 4 is 45.8 Å². The first-order valence-corrected chi connectivity index (χ1v) is 7.67. The Bertz CT molecular complexity index is 627. The molecule has 2 nitrogen and oxygen atoms in total. The van der Waals surface area contributed by atoms with E-state index in [9.17, 15) is 0 Å². The second-order valence-electron chi connectivity index (χ2n) is 5.44. The van der Waals surface area contributed by atoms with E-state index in [1.54, 1.807) is 0 Å². The molecule has 0 aliphatic heterocycles. The van der Waals surface area contributed by atoms with Crippen molar-refractivity contribution in [1.82, 2.24) is 9.55 Å². The predicted molar refractivity (Wildman–Crippen MR) is 81.5 cm³/mol. The third kappa shape index (κ3) is 2.24. The van der Waals surface area contributed by atoms with Gasteiger partial charge < -0.3 is 4.57 Å². The van der Waals surface area contributed by atoms with E-state index >= 15 is 0 Å². The molecule has 0 N–H and O–H groups in total. The van der Waals surface area contributed by atoms with Gasteiger partial charge in [-0.3, -0.25) is 0 Å². The predicted octanol–water partition coefficient (Wildman–Crippen LogP) is 5.61. The molecule has 1 aromatic heterocycles. The molecule has 1 fully saturated rings. The van der Waals surface area contributed by atoms with Gasteiger partial charge in [0.05, 0.1) is 26.5 Å². The number of halogens is 3. The summed E-state index contributed by atoms with van der Waals surface area (Å²) in [5.41, 5.74) is 1.91. The number of nitrogens with zero attached hydrogens (tertiary/aromatic N) is 2. The molecular weight excluding hydrogens is 303 g/mol. The van der Waals surface area contributed by atoms with Crippen molar-refractivity contribution in [3.05, 3.63) is 28.0 Å². The van der Waals surface area contributed by atoms with Crippen molar-refractivity contribution in [3.63, 3.8) is 0 Å². The molecule has 2 aromatic rings. The summed E-state index contributed by atoms with van der Waals surface area (Å²) < 4.78 is 2.25. The number of aromatic nitrogens is 2. The fraction of sp³-hybridized carbons (Fsp3) is 0.500. The van der Waals surface area contributed by atoms with Gasteiger partial charge in [-0.05, 0) is 37.8 Å². The van der Waals surface area contributed by atoms with Crippen molar-refractivity contribution in [3.8, 4) is 0 Å². The minimum absolute atomic E-state index is 0.124. The lowest BCUT2D eigenvalue weighted by molar-refractivity contribution is 0.216. The summed E-state index contributed by atoms with van der Waals surface area (Å²) in [7, 11) is 0. The molecule has 102 valence electrons. The molecular formula is C14H15Cl3N2. The molecule has 0 spiro atoms. The Hall–Kier alpha value is -0.440. The van der Waals surface area contributed by atoms with Crippen molar-refractivity contribution in [2.75, 3.05) is 0 Å². The highest BCUT2D eigenvalue weighted by atomic mass is 35.5. The zero-order valence-electron chi connectivity index (χ0n) is 10.8. The molecule has 1 saturated carbocycles. The third-order valence-electron chi connectivity index (χ3n) is 3.83. The van der Waals surface area contributed by atoms with E-state index in [-0.39, 0.29) is 5.38 Å². The molecule has 0 amide bonds. The second-order valence-corrected chi connectivity index (χ2v) is 6.91. The maximum Gasteiger partial charge on any atom is 0.127 e. The summed E-state index contributed by atoms with van der Waals surface area (Å²) in [6, 6.07) is 4.20. The molecule has 19 heavy (non-hydrogen) atoms. The van der Waals surface area contributed by atoms with Gasteiger partial charge in [0, 0.05) is 6.04 Å². The maximum absolute atomic E-state index is 6.27. The summed E-state index contributed by atoms with van der Waals surface area (Å²) >= 11 is 18.5. The van der Waals surface area contributed by atoms with E-state index in [4.69, 9.17) is 34.8 Å². The summed E-state index contributed by atoms with van der Waals surface area (Å²) in [4.78, 5) is 4.63. The lowest BCUT2D eigenvalue weighted by Gasteiger charge is -2.35. The molecule has 3 rings (SSSR count). The van der Waals surface area contributed by atoms with Crippen molar-refractivity contribution in [2.24, 2.45) is 5.92 Å². The van der Waals surface area contributed by atoms with E-state index < -0.39 is 0 Å². The van der Waals surface area contributed by atoms with E-state index in [1.165, 1.54) is 12.8 Å². The summed E-state index contributed by atoms with van der Waals surface area (Å²) in [5, 5.41) is 0.979. The standard InChI is InChI=1S/C14H15Cl3N2/c1-7-3-9(4-7)19-13-6-11(17)10(16)5-12(13)18-14(19)8(2)15/h5-9H,3-4H2,1-2H3. The molecule has 1 aromatic carbocycles. The highest BCUT2D eigenvalue weighted by molar-refractivity contribution is 6.42. The van der Waals surface area contributed by atoms with Crippen LogP contribution < -0.4 is 0 Å². The SMILES string of the molecule is CC1CC(n2c(C(C)Cl)nc3cc(Cl)c(Cl)cc32)C1. The first-order chi connectivity index (χ1) is 8.97. The molecule has 1 atom stereocenters. The average molecular weight is 318 g/mol. The highest BCUT2D eigenvalue weighted by Gasteiger charge is 2.31. The van der Waals surface area contributed by atoms with Crippen LogP contribution in [0.5, 0.6) is 0 Å². The van der Waals surface area contributed by atoms with Gasteiger partial charge in [0.2, 0.25) is 0 Å². The van der Waals surface area contributed by atoms with Gasteiger partial charge in [0.25, 0.3) is 0 Å². The van der Waals surface area contributed by atoms with Crippen LogP contribution in [0.1, 0.15) is 43.9 Å². The van der Waals surface area contributed by atoms with Gasteiger partial charge >= 0.3 is 0 Å². The number of imidazole rings is 1. The third-order valence-corrected chi connectivity index (χ3v) is 4.75. The molecule has 0 saturated heterocycles. The molecule has 5 heteroatoms. The van der Waals surface area contributed by atoms with Crippen LogP contribution >= 0.6 is 34.8 Å². The molecule has 1 unspecified atom stereocenters. The first-order valence-electron chi connectivity index (χ1n) is 6.48. The van der Waals surface area contributed by atoms with Crippen LogP contribution in [0.15, 0.2) is 12.1 Å². The van der Waals surface area contributed by atoms with Gasteiger partial charge in [0.1, 0.15) is 5.82 Å². The number of hydrogen-bond acceptors (Lipinski definition) is 1. The molecule has 0 radical (unpaired) electrons. The largest absolute Gasteiger partial charge is 0.324 e. The van der Waals surface area contributed by atoms with Gasteiger partial charge in [-0.15, -0.1) is 11.6 Å². The lowest BCUT2D eigenvalue weighted by atomic mass is 9.81. The zero-order chi connectivity index (χ0) is 13.7. The Balaban J connectivity index is 2.20. The monoisotopic (exact) mass is 316 g/mol. The fourth-order valence-electron chi connectivity index (χ4n) is 2.84. The van der Waals surface area contributed by atoms with Crippen LogP contribution in [0.2, 0.25) is 10.0 Å². The first kappa shape index (κ1) is 13.5. The summed E-state index contributed by atoms with van der Waals surface area (Å²) in [6.45, 7) is 4.22. The van der Waals surface area contributed by atoms with E-state index in [2.05, 4.69) is 16.5 Å². The van der Waals surface area contributed by atoms with Crippen LogP contribution in [0.25, 0.3) is 11.0 Å². The lowest BCUT2D eigenvalue weighted by Crippen LogP contribution is -2.26. The molecule has 1 heterocycles. The highest BCUT2D eigenvalue weighted by Crippen LogP contribution is 2.42. The summed E-state index contributed by atoms with van der Waals surface area (Å²) in [5.74, 6) is 1.68. The van der Waals surface area contributed by atoms with Crippen LogP contribution in [0.4, 0.5) is 0 Å². The topological polar surface area (TPSA) is 17.8 Å². The Labute approximate surface area is 127 Å². The van der Waals surface area contributed by atoms with Crippen molar-refractivity contribution in [2.45, 2.75) is 38.1 Å². The minimum Gasteiger partial charge on any atom is -0.324 e. The number of alkyl halides is 1. The van der Waals surface area contributed by atoms with Crippen LogP contribution in [0, 0.1) is 5.92 Å². The Morgan fingerprint density at radius 3 is 2.47 bits per heavy atom. The van der Waals surface area contributed by atoms with Crippen LogP contribution in [-0.2, 0) is 0 Å². The van der Waals surface area contributed by atoms with E-state index in [1.807, 2.05) is 19.1 Å². The Morgan fingerprint density at radius 2 is 1.89 bits per heavy atom. The second kappa shape index (κ2) is 4.83.